The Labute approximate surface area is 163 Å². The lowest BCUT2D eigenvalue weighted by Crippen LogP contribution is -2.27. The first-order chi connectivity index (χ1) is 13.6. The van der Waals surface area contributed by atoms with Gasteiger partial charge in [0.05, 0.1) is 17.6 Å². The largest absolute Gasteiger partial charge is 0.476 e. The van der Waals surface area contributed by atoms with Gasteiger partial charge in [-0.3, -0.25) is 0 Å². The molecular formula is C20H23N5O3. The summed E-state index contributed by atoms with van der Waals surface area (Å²) in [7, 11) is 0. The Hall–Kier alpha value is -3.29. The molecule has 0 saturated carbocycles. The van der Waals surface area contributed by atoms with Crippen molar-refractivity contribution < 1.29 is 14.6 Å². The normalized spacial score (nSPS) is 10.8. The average molecular weight is 381 g/mol. The van der Waals surface area contributed by atoms with Crippen molar-refractivity contribution in [2.24, 2.45) is 0 Å². The third kappa shape index (κ3) is 4.51. The Balaban J connectivity index is 1.63. The van der Waals surface area contributed by atoms with Crippen LogP contribution in [-0.4, -0.2) is 50.7 Å². The predicted molar refractivity (Wildman–Crippen MR) is 106 cm³/mol. The number of ether oxygens (including phenoxy) is 1. The Morgan fingerprint density at radius 3 is 2.39 bits per heavy atom. The maximum Gasteiger partial charge on any atom is 0.360 e. The van der Waals surface area contributed by atoms with Crippen molar-refractivity contribution in [1.29, 1.82) is 0 Å². The fourth-order valence-electron chi connectivity index (χ4n) is 2.74. The molecule has 0 spiro atoms. The van der Waals surface area contributed by atoms with Gasteiger partial charge in [-0.1, -0.05) is 19.1 Å². The lowest BCUT2D eigenvalue weighted by molar-refractivity contribution is 0.0684. The fraction of sp³-hybridized carbons (Fsp3) is 0.350. The number of fused-ring (bicyclic) bond motifs is 1. The van der Waals surface area contributed by atoms with Gasteiger partial charge >= 0.3 is 5.97 Å². The van der Waals surface area contributed by atoms with Crippen LogP contribution in [-0.2, 0) is 6.42 Å². The molecule has 3 aromatic rings. The summed E-state index contributed by atoms with van der Waals surface area (Å²) in [6.45, 7) is 5.87. The monoisotopic (exact) mass is 381 g/mol. The van der Waals surface area contributed by atoms with E-state index in [1.54, 1.807) is 18.2 Å². The molecule has 0 radical (unpaired) electrons. The highest BCUT2D eigenvalue weighted by Crippen LogP contribution is 2.19. The molecule has 0 aliphatic rings. The van der Waals surface area contributed by atoms with Crippen molar-refractivity contribution >= 4 is 23.0 Å². The highest BCUT2D eigenvalue weighted by atomic mass is 16.5. The van der Waals surface area contributed by atoms with Crippen LogP contribution in [0.5, 0.6) is 5.88 Å². The van der Waals surface area contributed by atoms with E-state index < -0.39 is 5.97 Å². The van der Waals surface area contributed by atoms with Crippen LogP contribution in [0.2, 0.25) is 0 Å². The molecular weight excluding hydrogens is 358 g/mol. The Kier molecular flexibility index (Phi) is 6.31. The van der Waals surface area contributed by atoms with Gasteiger partial charge in [0.1, 0.15) is 0 Å². The smallest absolute Gasteiger partial charge is 0.360 e. The van der Waals surface area contributed by atoms with E-state index >= 15 is 0 Å². The quantitative estimate of drug-likeness (QED) is 0.565. The highest BCUT2D eigenvalue weighted by molar-refractivity contribution is 5.90. The van der Waals surface area contributed by atoms with Gasteiger partial charge in [-0.25, -0.2) is 24.7 Å². The number of aromatic nitrogens is 4. The van der Waals surface area contributed by atoms with Gasteiger partial charge in [0, 0.05) is 25.5 Å². The zero-order valence-electron chi connectivity index (χ0n) is 16.0. The van der Waals surface area contributed by atoms with Crippen molar-refractivity contribution in [3.8, 4) is 5.88 Å². The lowest BCUT2D eigenvalue weighted by Gasteiger charge is -2.20. The van der Waals surface area contributed by atoms with Crippen LogP contribution < -0.4 is 9.64 Å². The number of rotatable bonds is 9. The molecule has 1 aromatic carbocycles. The molecule has 8 nitrogen and oxygen atoms in total. The summed E-state index contributed by atoms with van der Waals surface area (Å²) in [6.07, 6.45) is 5.25. The molecule has 146 valence electrons. The number of nitrogens with zero attached hydrogens (tertiary/aromatic N) is 5. The minimum Gasteiger partial charge on any atom is -0.476 e. The first kappa shape index (κ1) is 19.5. The molecule has 3 rings (SSSR count). The standard InChI is InChI=1S/C20H23N5O3/c1-3-14-12-21-20(22-13-14)25(4-2)10-7-11-28-18-17(19(26)27)23-15-8-5-6-9-16(15)24-18/h5-6,8-9,12-13H,3-4,7,10-11H2,1-2H3,(H,26,27). The first-order valence-electron chi connectivity index (χ1n) is 9.31. The molecule has 0 aliphatic heterocycles. The maximum atomic E-state index is 11.5. The van der Waals surface area contributed by atoms with Crippen LogP contribution >= 0.6 is 0 Å². The molecule has 0 fully saturated rings. The van der Waals surface area contributed by atoms with Crippen molar-refractivity contribution in [3.05, 3.63) is 47.9 Å². The van der Waals surface area contributed by atoms with Gasteiger partial charge in [0.15, 0.2) is 0 Å². The summed E-state index contributed by atoms with van der Waals surface area (Å²) in [5.41, 5.74) is 2.04. The summed E-state index contributed by atoms with van der Waals surface area (Å²) in [5.74, 6) is -0.443. The second-order valence-electron chi connectivity index (χ2n) is 6.20. The number of hydrogen-bond donors (Lipinski definition) is 1. The highest BCUT2D eigenvalue weighted by Gasteiger charge is 2.17. The van der Waals surface area contributed by atoms with Crippen molar-refractivity contribution in [3.63, 3.8) is 0 Å². The summed E-state index contributed by atoms with van der Waals surface area (Å²) < 4.78 is 5.65. The van der Waals surface area contributed by atoms with Crippen molar-refractivity contribution in [2.45, 2.75) is 26.7 Å². The second kappa shape index (κ2) is 9.07. The van der Waals surface area contributed by atoms with Gasteiger partial charge in [-0.05, 0) is 37.5 Å². The summed E-state index contributed by atoms with van der Waals surface area (Å²) in [4.78, 5) is 30.8. The number of aromatic carboxylic acids is 1. The third-order valence-corrected chi connectivity index (χ3v) is 4.32. The van der Waals surface area contributed by atoms with E-state index in [2.05, 4.69) is 26.9 Å². The van der Waals surface area contributed by atoms with E-state index in [1.165, 1.54) is 0 Å². The molecule has 0 atom stereocenters. The molecule has 0 saturated heterocycles. The minimum absolute atomic E-state index is 0.0396. The van der Waals surface area contributed by atoms with E-state index in [4.69, 9.17) is 4.74 Å². The summed E-state index contributed by atoms with van der Waals surface area (Å²) in [5, 5.41) is 9.39. The van der Waals surface area contributed by atoms with Crippen LogP contribution in [0.1, 0.15) is 36.3 Å². The molecule has 2 aromatic heterocycles. The number of carboxylic acid groups (broad SMARTS) is 1. The zero-order chi connectivity index (χ0) is 19.9. The lowest BCUT2D eigenvalue weighted by atomic mass is 10.3. The topological polar surface area (TPSA) is 101 Å². The second-order valence-corrected chi connectivity index (χ2v) is 6.20. The predicted octanol–water partition coefficient (Wildman–Crippen LogP) is 2.98. The number of hydrogen-bond acceptors (Lipinski definition) is 7. The molecule has 2 heterocycles. The van der Waals surface area contributed by atoms with Crippen LogP contribution in [0.25, 0.3) is 11.0 Å². The first-order valence-corrected chi connectivity index (χ1v) is 9.31. The van der Waals surface area contributed by atoms with Gasteiger partial charge in [-0.15, -0.1) is 0 Å². The Bertz CT molecular complexity index is 946. The third-order valence-electron chi connectivity index (χ3n) is 4.32. The fourth-order valence-corrected chi connectivity index (χ4v) is 2.74. The number of benzene rings is 1. The number of para-hydroxylation sites is 2. The number of carboxylic acids is 1. The SMILES string of the molecule is CCc1cnc(N(CC)CCCOc2nc3ccccc3nc2C(=O)O)nc1. The van der Waals surface area contributed by atoms with E-state index in [1.807, 2.05) is 30.3 Å². The number of aryl methyl sites for hydroxylation is 1. The maximum absolute atomic E-state index is 11.5. The molecule has 28 heavy (non-hydrogen) atoms. The zero-order valence-corrected chi connectivity index (χ0v) is 16.0. The van der Waals surface area contributed by atoms with E-state index in [0.29, 0.717) is 36.6 Å². The summed E-state index contributed by atoms with van der Waals surface area (Å²) in [6, 6.07) is 7.11. The van der Waals surface area contributed by atoms with Crippen molar-refractivity contribution in [2.75, 3.05) is 24.6 Å². The van der Waals surface area contributed by atoms with Crippen LogP contribution in [0, 0.1) is 0 Å². The van der Waals surface area contributed by atoms with Crippen molar-refractivity contribution in [1.82, 2.24) is 19.9 Å². The van der Waals surface area contributed by atoms with Crippen LogP contribution in [0.3, 0.4) is 0 Å². The van der Waals surface area contributed by atoms with Gasteiger partial charge in [0.2, 0.25) is 17.5 Å². The molecule has 0 aliphatic carbocycles. The Morgan fingerprint density at radius 1 is 1.11 bits per heavy atom. The van der Waals surface area contributed by atoms with E-state index in [9.17, 15) is 9.90 Å². The average Bonchev–Trinajstić information content (AvgIpc) is 2.73. The van der Waals surface area contributed by atoms with Crippen LogP contribution in [0.4, 0.5) is 5.95 Å². The molecule has 1 N–H and O–H groups in total. The molecule has 0 unspecified atom stereocenters. The number of anilines is 1. The van der Waals surface area contributed by atoms with Gasteiger partial charge < -0.3 is 14.7 Å². The molecule has 0 amide bonds. The van der Waals surface area contributed by atoms with Gasteiger partial charge in [-0.2, -0.15) is 0 Å². The molecule has 8 heteroatoms. The number of carbonyl (C=O) groups is 1. The molecule has 0 bridgehead atoms. The van der Waals surface area contributed by atoms with E-state index in [-0.39, 0.29) is 11.6 Å². The van der Waals surface area contributed by atoms with Crippen LogP contribution in [0.15, 0.2) is 36.7 Å². The Morgan fingerprint density at radius 2 is 1.79 bits per heavy atom. The van der Waals surface area contributed by atoms with Gasteiger partial charge in [0.25, 0.3) is 0 Å². The minimum atomic E-state index is -1.16. The summed E-state index contributed by atoms with van der Waals surface area (Å²) >= 11 is 0. The van der Waals surface area contributed by atoms with E-state index in [0.717, 1.165) is 18.5 Å².